The highest BCUT2D eigenvalue weighted by atomic mass is 16.5. The lowest BCUT2D eigenvalue weighted by Crippen LogP contribution is -2.49. The molecule has 3 rings (SSSR count). The molecule has 2 aromatic carbocycles. The molecule has 0 aromatic heterocycles. The number of alkyl carbamates (subject to hydrolysis) is 1. The molecule has 4 amide bonds. The van der Waals surface area contributed by atoms with Gasteiger partial charge in [0.2, 0.25) is 5.91 Å². The lowest BCUT2D eigenvalue weighted by atomic mass is 9.98. The predicted molar refractivity (Wildman–Crippen MR) is 129 cm³/mol. The van der Waals surface area contributed by atoms with Crippen LogP contribution in [0.3, 0.4) is 0 Å². The number of benzene rings is 2. The monoisotopic (exact) mass is 482 g/mol. The van der Waals surface area contributed by atoms with Gasteiger partial charge in [-0.2, -0.15) is 0 Å². The van der Waals surface area contributed by atoms with Gasteiger partial charge >= 0.3 is 18.1 Å². The van der Waals surface area contributed by atoms with Crippen molar-refractivity contribution < 1.29 is 29.0 Å². The van der Waals surface area contributed by atoms with Crippen LogP contribution in [-0.2, 0) is 14.3 Å². The molecule has 10 nitrogen and oxygen atoms in total. The smallest absolute Gasteiger partial charge is 0.407 e. The summed E-state index contributed by atoms with van der Waals surface area (Å²) in [5.41, 5.74) is 4.30. The zero-order valence-electron chi connectivity index (χ0n) is 19.7. The van der Waals surface area contributed by atoms with E-state index in [1.165, 1.54) is 4.90 Å². The summed E-state index contributed by atoms with van der Waals surface area (Å²) in [6.45, 7) is 0.372. The van der Waals surface area contributed by atoms with Gasteiger partial charge in [-0.1, -0.05) is 48.5 Å². The highest BCUT2D eigenvalue weighted by molar-refractivity contribution is 5.86. The standard InChI is InChI=1S/C25H30N4O6/c1-29(2)24(33)27-14-13-26-23(32)21(11-12-22(30)31)28-25(34)35-15-20-18-9-5-3-7-16(18)17-8-4-6-10-19(17)20/h3-10,20-21H,11-15H2,1-2H3,(H,26,32)(H,27,33)(H,28,34)(H,30,31). The van der Waals surface area contributed by atoms with Crippen molar-refractivity contribution in [3.8, 4) is 11.1 Å². The summed E-state index contributed by atoms with van der Waals surface area (Å²) in [7, 11) is 3.18. The average Bonchev–Trinajstić information content (AvgIpc) is 3.16. The third kappa shape index (κ3) is 6.72. The summed E-state index contributed by atoms with van der Waals surface area (Å²) in [6, 6.07) is 14.5. The number of carbonyl (C=O) groups excluding carboxylic acids is 3. The van der Waals surface area contributed by atoms with Gasteiger partial charge in [0.15, 0.2) is 0 Å². The van der Waals surface area contributed by atoms with Gasteiger partial charge in [-0.05, 0) is 28.7 Å². The first-order valence-electron chi connectivity index (χ1n) is 11.3. The van der Waals surface area contributed by atoms with Crippen LogP contribution in [0.25, 0.3) is 11.1 Å². The second-order valence-corrected chi connectivity index (χ2v) is 8.37. The van der Waals surface area contributed by atoms with E-state index < -0.39 is 24.0 Å². The fourth-order valence-corrected chi connectivity index (χ4v) is 3.96. The highest BCUT2D eigenvalue weighted by Gasteiger charge is 2.30. The number of carboxylic acid groups (broad SMARTS) is 1. The third-order valence-electron chi connectivity index (χ3n) is 5.71. The summed E-state index contributed by atoms with van der Waals surface area (Å²) in [5, 5.41) is 16.7. The van der Waals surface area contributed by atoms with Crippen molar-refractivity contribution >= 4 is 24.0 Å². The Kier molecular flexibility index (Phi) is 8.66. The Morgan fingerprint density at radius 2 is 1.51 bits per heavy atom. The van der Waals surface area contributed by atoms with Gasteiger partial charge in [-0.3, -0.25) is 9.59 Å². The van der Waals surface area contributed by atoms with Crippen molar-refractivity contribution in [3.05, 3.63) is 59.7 Å². The van der Waals surface area contributed by atoms with Gasteiger partial charge < -0.3 is 30.7 Å². The average molecular weight is 483 g/mol. The first-order chi connectivity index (χ1) is 16.8. The van der Waals surface area contributed by atoms with Crippen LogP contribution in [0, 0.1) is 0 Å². The van der Waals surface area contributed by atoms with E-state index in [0.717, 1.165) is 22.3 Å². The minimum Gasteiger partial charge on any atom is -0.481 e. The van der Waals surface area contributed by atoms with Crippen LogP contribution < -0.4 is 16.0 Å². The minimum absolute atomic E-state index is 0.0731. The Morgan fingerprint density at radius 1 is 0.943 bits per heavy atom. The lowest BCUT2D eigenvalue weighted by Gasteiger charge is -2.19. The number of nitrogens with zero attached hydrogens (tertiary/aromatic N) is 1. The van der Waals surface area contributed by atoms with Crippen molar-refractivity contribution in [2.75, 3.05) is 33.8 Å². The molecule has 4 N–H and O–H groups in total. The van der Waals surface area contributed by atoms with Crippen LogP contribution in [0.4, 0.5) is 9.59 Å². The van der Waals surface area contributed by atoms with E-state index in [1.54, 1.807) is 14.1 Å². The second-order valence-electron chi connectivity index (χ2n) is 8.37. The van der Waals surface area contributed by atoms with E-state index in [0.29, 0.717) is 0 Å². The van der Waals surface area contributed by atoms with E-state index >= 15 is 0 Å². The van der Waals surface area contributed by atoms with Crippen molar-refractivity contribution in [2.45, 2.75) is 24.8 Å². The van der Waals surface area contributed by atoms with E-state index in [2.05, 4.69) is 16.0 Å². The molecule has 0 aliphatic heterocycles. The molecule has 0 bridgehead atoms. The number of ether oxygens (including phenoxy) is 1. The number of carboxylic acids is 1. The molecule has 0 fully saturated rings. The van der Waals surface area contributed by atoms with E-state index in [1.807, 2.05) is 48.5 Å². The van der Waals surface area contributed by atoms with Gasteiger partial charge in [-0.15, -0.1) is 0 Å². The van der Waals surface area contributed by atoms with E-state index in [9.17, 15) is 19.2 Å². The van der Waals surface area contributed by atoms with Crippen LogP contribution in [0.15, 0.2) is 48.5 Å². The number of urea groups is 1. The van der Waals surface area contributed by atoms with Crippen LogP contribution in [0.1, 0.15) is 29.9 Å². The molecule has 1 unspecified atom stereocenters. The summed E-state index contributed by atoms with van der Waals surface area (Å²) in [5.74, 6) is -1.78. The summed E-state index contributed by atoms with van der Waals surface area (Å²) < 4.78 is 5.47. The molecule has 1 aliphatic carbocycles. The van der Waals surface area contributed by atoms with Gasteiger partial charge in [0.25, 0.3) is 0 Å². The van der Waals surface area contributed by atoms with E-state index in [-0.39, 0.29) is 44.5 Å². The van der Waals surface area contributed by atoms with Crippen LogP contribution in [-0.4, -0.2) is 73.8 Å². The quantitative estimate of drug-likeness (QED) is 0.383. The topological polar surface area (TPSA) is 137 Å². The first-order valence-corrected chi connectivity index (χ1v) is 11.3. The Bertz CT molecular complexity index is 1040. The molecule has 2 aromatic rings. The summed E-state index contributed by atoms with van der Waals surface area (Å²) >= 11 is 0. The van der Waals surface area contributed by atoms with Crippen LogP contribution in [0.5, 0.6) is 0 Å². The second kappa shape index (κ2) is 11.9. The molecule has 0 saturated heterocycles. The van der Waals surface area contributed by atoms with Crippen molar-refractivity contribution in [3.63, 3.8) is 0 Å². The molecule has 0 spiro atoms. The highest BCUT2D eigenvalue weighted by Crippen LogP contribution is 2.44. The SMILES string of the molecule is CN(C)C(=O)NCCNC(=O)C(CCC(=O)O)NC(=O)OCC1c2ccccc2-c2ccccc21. The number of hydrogen-bond donors (Lipinski definition) is 4. The molecule has 1 atom stereocenters. The van der Waals surface area contributed by atoms with Gasteiger partial charge in [-0.25, -0.2) is 9.59 Å². The fourth-order valence-electron chi connectivity index (χ4n) is 3.96. The molecule has 35 heavy (non-hydrogen) atoms. The van der Waals surface area contributed by atoms with Crippen LogP contribution >= 0.6 is 0 Å². The maximum absolute atomic E-state index is 12.6. The van der Waals surface area contributed by atoms with Gasteiger partial charge in [0.05, 0.1) is 0 Å². The summed E-state index contributed by atoms with van der Waals surface area (Å²) in [6.07, 6.45) is -1.22. The predicted octanol–water partition coefficient (Wildman–Crippen LogP) is 2.15. The molecule has 0 radical (unpaired) electrons. The largest absolute Gasteiger partial charge is 0.481 e. The molecular formula is C25H30N4O6. The normalized spacial score (nSPS) is 12.6. The van der Waals surface area contributed by atoms with Crippen LogP contribution in [0.2, 0.25) is 0 Å². The summed E-state index contributed by atoms with van der Waals surface area (Å²) in [4.78, 5) is 49.0. The van der Waals surface area contributed by atoms with Crippen molar-refractivity contribution in [1.29, 1.82) is 0 Å². The van der Waals surface area contributed by atoms with E-state index in [4.69, 9.17) is 9.84 Å². The Morgan fingerprint density at radius 3 is 2.09 bits per heavy atom. The molecule has 0 saturated carbocycles. The number of fused-ring (bicyclic) bond motifs is 3. The Balaban J connectivity index is 1.57. The Labute approximate surface area is 203 Å². The van der Waals surface area contributed by atoms with Crippen molar-refractivity contribution in [2.24, 2.45) is 0 Å². The van der Waals surface area contributed by atoms with Gasteiger partial charge in [0, 0.05) is 39.5 Å². The fraction of sp³-hybridized carbons (Fsp3) is 0.360. The first kappa shape index (κ1) is 25.5. The lowest BCUT2D eigenvalue weighted by molar-refractivity contribution is -0.137. The van der Waals surface area contributed by atoms with Crippen molar-refractivity contribution in [1.82, 2.24) is 20.9 Å². The Hall–Kier alpha value is -4.08. The number of nitrogens with one attached hydrogen (secondary N) is 3. The molecule has 0 heterocycles. The number of hydrogen-bond acceptors (Lipinski definition) is 5. The van der Waals surface area contributed by atoms with Gasteiger partial charge in [0.1, 0.15) is 12.6 Å². The molecule has 10 heteroatoms. The number of amides is 4. The number of aliphatic carboxylic acids is 1. The minimum atomic E-state index is -1.09. The zero-order valence-corrected chi connectivity index (χ0v) is 19.7. The maximum Gasteiger partial charge on any atom is 0.407 e. The number of rotatable bonds is 10. The zero-order chi connectivity index (χ0) is 25.4. The number of carbonyl (C=O) groups is 4. The molecular weight excluding hydrogens is 452 g/mol. The molecule has 1 aliphatic rings. The maximum atomic E-state index is 12.6. The third-order valence-corrected chi connectivity index (χ3v) is 5.71. The molecule has 186 valence electrons.